The molecule has 1 heterocycles. The molecule has 0 aliphatic heterocycles. The maximum atomic E-state index is 5.85. The lowest BCUT2D eigenvalue weighted by Gasteiger charge is -2.29. The van der Waals surface area contributed by atoms with Crippen LogP contribution in [0.1, 0.15) is 20.3 Å². The molecule has 0 bridgehead atoms. The molecule has 1 unspecified atom stereocenters. The number of imidazole rings is 1. The van der Waals surface area contributed by atoms with Gasteiger partial charge in [-0.15, -0.1) is 0 Å². The summed E-state index contributed by atoms with van der Waals surface area (Å²) in [5.41, 5.74) is 8.01. The fourth-order valence-electron chi connectivity index (χ4n) is 1.80. The Morgan fingerprint density at radius 3 is 2.80 bits per heavy atom. The van der Waals surface area contributed by atoms with Gasteiger partial charge in [0.25, 0.3) is 0 Å². The Hall–Kier alpha value is -1.35. The van der Waals surface area contributed by atoms with Crippen molar-refractivity contribution < 1.29 is 0 Å². The minimum absolute atomic E-state index is 0.0316. The summed E-state index contributed by atoms with van der Waals surface area (Å²) in [6.45, 7) is 4.95. The van der Waals surface area contributed by atoms with Crippen LogP contribution in [0.15, 0.2) is 30.6 Å². The lowest BCUT2D eigenvalue weighted by atomic mass is 9.98. The highest BCUT2D eigenvalue weighted by atomic mass is 15.1. The minimum atomic E-state index is -0.0316. The van der Waals surface area contributed by atoms with Gasteiger partial charge in [-0.2, -0.15) is 0 Å². The maximum absolute atomic E-state index is 5.85. The molecule has 0 saturated carbocycles. The van der Waals surface area contributed by atoms with E-state index in [0.717, 1.165) is 17.5 Å². The number of nitrogens with two attached hydrogens (primary N) is 1. The van der Waals surface area contributed by atoms with Gasteiger partial charge in [0.15, 0.2) is 0 Å². The van der Waals surface area contributed by atoms with E-state index in [1.807, 2.05) is 24.5 Å². The molecule has 3 nitrogen and oxygen atoms in total. The topological polar surface area (TPSA) is 43.8 Å². The summed E-state index contributed by atoms with van der Waals surface area (Å²) in [6.07, 6.45) is 2.89. The summed E-state index contributed by atoms with van der Waals surface area (Å²) in [4.78, 5) is 4.39. The largest absolute Gasteiger partial charge is 0.328 e. The fourth-order valence-corrected chi connectivity index (χ4v) is 1.80. The Bertz CT molecular complexity index is 455. The van der Waals surface area contributed by atoms with Crippen LogP contribution in [-0.2, 0) is 5.54 Å². The lowest BCUT2D eigenvalue weighted by molar-refractivity contribution is 0.325. The maximum Gasteiger partial charge on any atom is 0.0963 e. The highest BCUT2D eigenvalue weighted by Crippen LogP contribution is 2.24. The summed E-state index contributed by atoms with van der Waals surface area (Å²) in [5, 5.41) is 0. The van der Waals surface area contributed by atoms with Crippen molar-refractivity contribution in [2.75, 3.05) is 6.54 Å². The van der Waals surface area contributed by atoms with E-state index in [1.54, 1.807) is 0 Å². The summed E-state index contributed by atoms with van der Waals surface area (Å²) < 4.78 is 2.18. The van der Waals surface area contributed by atoms with Crippen LogP contribution in [0.2, 0.25) is 0 Å². The van der Waals surface area contributed by atoms with Gasteiger partial charge in [0, 0.05) is 6.54 Å². The van der Waals surface area contributed by atoms with Crippen LogP contribution in [0.5, 0.6) is 0 Å². The normalized spacial score (nSPS) is 15.4. The first-order chi connectivity index (χ1) is 7.21. The summed E-state index contributed by atoms with van der Waals surface area (Å²) in [5.74, 6) is 0. The van der Waals surface area contributed by atoms with Crippen LogP contribution in [0.25, 0.3) is 11.0 Å². The van der Waals surface area contributed by atoms with E-state index in [9.17, 15) is 0 Å². The monoisotopic (exact) mass is 203 g/mol. The highest BCUT2D eigenvalue weighted by Gasteiger charge is 2.23. The molecular weight excluding hydrogens is 186 g/mol. The average molecular weight is 203 g/mol. The van der Waals surface area contributed by atoms with Crippen molar-refractivity contribution >= 4 is 11.0 Å². The zero-order valence-electron chi connectivity index (χ0n) is 9.27. The number of hydrogen-bond acceptors (Lipinski definition) is 2. The van der Waals surface area contributed by atoms with Crippen LogP contribution in [0.4, 0.5) is 0 Å². The van der Waals surface area contributed by atoms with E-state index in [1.165, 1.54) is 0 Å². The Kier molecular flexibility index (Phi) is 2.49. The SMILES string of the molecule is CCC(C)(CN)n1cnc2ccccc21. The minimum Gasteiger partial charge on any atom is -0.328 e. The molecule has 2 N–H and O–H groups in total. The molecule has 80 valence electrons. The van der Waals surface area contributed by atoms with Crippen molar-refractivity contribution in [2.45, 2.75) is 25.8 Å². The number of nitrogens with zero attached hydrogens (tertiary/aromatic N) is 2. The molecule has 2 aromatic rings. The van der Waals surface area contributed by atoms with E-state index >= 15 is 0 Å². The van der Waals surface area contributed by atoms with Crippen molar-refractivity contribution in [1.82, 2.24) is 9.55 Å². The smallest absolute Gasteiger partial charge is 0.0963 e. The van der Waals surface area contributed by atoms with Gasteiger partial charge in [0.2, 0.25) is 0 Å². The van der Waals surface area contributed by atoms with Crippen molar-refractivity contribution in [1.29, 1.82) is 0 Å². The second-order valence-electron chi connectivity index (χ2n) is 4.16. The van der Waals surface area contributed by atoms with E-state index in [0.29, 0.717) is 6.54 Å². The predicted octanol–water partition coefficient (Wildman–Crippen LogP) is 2.12. The van der Waals surface area contributed by atoms with Gasteiger partial charge in [-0.3, -0.25) is 0 Å². The fraction of sp³-hybridized carbons (Fsp3) is 0.417. The van der Waals surface area contributed by atoms with Gasteiger partial charge in [0.05, 0.1) is 22.9 Å². The predicted molar refractivity (Wildman–Crippen MR) is 62.7 cm³/mol. The van der Waals surface area contributed by atoms with Gasteiger partial charge in [-0.1, -0.05) is 19.1 Å². The molecule has 0 fully saturated rings. The summed E-state index contributed by atoms with van der Waals surface area (Å²) >= 11 is 0. The third-order valence-corrected chi connectivity index (χ3v) is 3.24. The number of rotatable bonds is 3. The van der Waals surface area contributed by atoms with Crippen LogP contribution in [0.3, 0.4) is 0 Å². The molecule has 1 aromatic heterocycles. The highest BCUT2D eigenvalue weighted by molar-refractivity contribution is 5.75. The van der Waals surface area contributed by atoms with E-state index in [4.69, 9.17) is 5.73 Å². The molecule has 0 aliphatic carbocycles. The molecule has 0 saturated heterocycles. The van der Waals surface area contributed by atoms with Crippen LogP contribution < -0.4 is 5.73 Å². The first kappa shape index (κ1) is 10.2. The first-order valence-electron chi connectivity index (χ1n) is 5.34. The Morgan fingerprint density at radius 2 is 2.13 bits per heavy atom. The first-order valence-corrected chi connectivity index (χ1v) is 5.34. The molecule has 0 radical (unpaired) electrons. The van der Waals surface area contributed by atoms with Crippen molar-refractivity contribution in [2.24, 2.45) is 5.73 Å². The van der Waals surface area contributed by atoms with E-state index in [2.05, 4.69) is 29.5 Å². The van der Waals surface area contributed by atoms with Gasteiger partial charge < -0.3 is 10.3 Å². The molecule has 0 amide bonds. The van der Waals surface area contributed by atoms with Gasteiger partial charge in [-0.25, -0.2) is 4.98 Å². The van der Waals surface area contributed by atoms with Crippen molar-refractivity contribution in [3.05, 3.63) is 30.6 Å². The Balaban J connectivity index is 2.61. The number of benzene rings is 1. The van der Waals surface area contributed by atoms with Crippen LogP contribution in [0, 0.1) is 0 Å². The molecule has 2 rings (SSSR count). The summed E-state index contributed by atoms with van der Waals surface area (Å²) in [6, 6.07) is 8.16. The van der Waals surface area contributed by atoms with Gasteiger partial charge >= 0.3 is 0 Å². The Labute approximate surface area is 89.9 Å². The van der Waals surface area contributed by atoms with Gasteiger partial charge in [-0.05, 0) is 25.5 Å². The van der Waals surface area contributed by atoms with Crippen molar-refractivity contribution in [3.63, 3.8) is 0 Å². The average Bonchev–Trinajstić information content (AvgIpc) is 2.72. The Morgan fingerprint density at radius 1 is 1.40 bits per heavy atom. The molecule has 0 aliphatic rings. The third kappa shape index (κ3) is 1.53. The molecule has 1 aromatic carbocycles. The molecule has 3 heteroatoms. The molecule has 1 atom stereocenters. The van der Waals surface area contributed by atoms with Crippen LogP contribution >= 0.6 is 0 Å². The second kappa shape index (κ2) is 3.66. The lowest BCUT2D eigenvalue weighted by Crippen LogP contribution is -2.37. The standard InChI is InChI=1S/C12H17N3/c1-3-12(2,8-13)15-9-14-10-6-4-5-7-11(10)15/h4-7,9H,3,8,13H2,1-2H3. The third-order valence-electron chi connectivity index (χ3n) is 3.24. The molecular formula is C12H17N3. The number of aromatic nitrogens is 2. The quantitative estimate of drug-likeness (QED) is 0.830. The second-order valence-corrected chi connectivity index (χ2v) is 4.16. The number of fused-ring (bicyclic) bond motifs is 1. The zero-order chi connectivity index (χ0) is 10.9. The van der Waals surface area contributed by atoms with Gasteiger partial charge in [0.1, 0.15) is 0 Å². The summed E-state index contributed by atoms with van der Waals surface area (Å²) in [7, 11) is 0. The van der Waals surface area contributed by atoms with E-state index in [-0.39, 0.29) is 5.54 Å². The van der Waals surface area contributed by atoms with Crippen molar-refractivity contribution in [3.8, 4) is 0 Å². The molecule has 15 heavy (non-hydrogen) atoms. The van der Waals surface area contributed by atoms with E-state index < -0.39 is 0 Å². The number of hydrogen-bond donors (Lipinski definition) is 1. The number of para-hydroxylation sites is 2. The zero-order valence-corrected chi connectivity index (χ0v) is 9.27. The molecule has 0 spiro atoms. The van der Waals surface area contributed by atoms with Crippen LogP contribution in [-0.4, -0.2) is 16.1 Å².